The van der Waals surface area contributed by atoms with E-state index in [2.05, 4.69) is 43.5 Å². The van der Waals surface area contributed by atoms with Crippen molar-refractivity contribution >= 4 is 23.7 Å². The zero-order chi connectivity index (χ0) is 4.71. The van der Waals surface area contributed by atoms with Crippen LogP contribution in [0.3, 0.4) is 0 Å². The Bertz CT molecular complexity index is 11.6. The molecule has 0 fully saturated rings. The first-order valence-corrected chi connectivity index (χ1v) is 1.43. The Balaban J connectivity index is 0. The predicted molar refractivity (Wildman–Crippen MR) is 13.5 cm³/mol. The molecule has 0 aromatic heterocycles. The van der Waals surface area contributed by atoms with E-state index < -0.39 is 0 Å². The van der Waals surface area contributed by atoms with E-state index in [9.17, 15) is 0 Å². The van der Waals surface area contributed by atoms with Crippen LogP contribution in [0.4, 0.5) is 0 Å². The summed E-state index contributed by atoms with van der Waals surface area (Å²) in [5.41, 5.74) is 0. The maximum absolute atomic E-state index is 7.81. The summed E-state index contributed by atoms with van der Waals surface area (Å²) in [7, 11) is 0. The molecule has 0 aromatic rings. The number of hydrogen-bond acceptors (Lipinski definition) is 2. The van der Waals surface area contributed by atoms with Crippen molar-refractivity contribution in [3.63, 3.8) is 0 Å². The van der Waals surface area contributed by atoms with Gasteiger partial charge in [0, 0.05) is 0 Å². The molecule has 0 unspecified atom stereocenters. The minimum absolute atomic E-state index is 2.94. The van der Waals surface area contributed by atoms with Gasteiger partial charge in [0.15, 0.2) is 0 Å². The molecule has 0 aliphatic heterocycles. The van der Waals surface area contributed by atoms with Crippen molar-refractivity contribution in [3.05, 3.63) is 0 Å². The Kier molecular flexibility index (Phi) is 38.9. The van der Waals surface area contributed by atoms with Crippen LogP contribution >= 0.6 is 23.7 Å². The summed E-state index contributed by atoms with van der Waals surface area (Å²) < 4.78 is 11.0. The van der Waals surface area contributed by atoms with Gasteiger partial charge in [-0.25, -0.2) is 0 Å². The monoisotopic (exact) mass is 165 g/mol. The second-order valence-corrected chi connectivity index (χ2v) is 0.525. The van der Waals surface area contributed by atoms with Gasteiger partial charge in [-0.2, -0.15) is 3.84 Å². The van der Waals surface area contributed by atoms with Crippen LogP contribution in [-0.2, 0) is 23.6 Å². The van der Waals surface area contributed by atoms with E-state index in [1.165, 1.54) is 0 Å². The first kappa shape index (κ1) is 9.29. The molecule has 0 radical (unpaired) electrons. The molecule has 5 heteroatoms. The fraction of sp³-hybridized carbons (Fsp3) is 0. The second kappa shape index (κ2) is 20.9. The van der Waals surface area contributed by atoms with Gasteiger partial charge in [-0.15, -0.1) is 0 Å². The predicted octanol–water partition coefficient (Wildman–Crippen LogP) is 1.19. The quantitative estimate of drug-likeness (QED) is 0.505. The molecule has 5 heavy (non-hydrogen) atoms. The van der Waals surface area contributed by atoms with Gasteiger partial charge in [0.05, 0.1) is 23.7 Å². The van der Waals surface area contributed by atoms with Crippen LogP contribution < -0.4 is 0 Å². The van der Waals surface area contributed by atoms with E-state index in [1.54, 1.807) is 0 Å². The van der Waals surface area contributed by atoms with Crippen LogP contribution in [0.15, 0.2) is 0 Å². The van der Waals surface area contributed by atoms with Crippen molar-refractivity contribution in [2.75, 3.05) is 0 Å². The molecular formula is Cl2CuO2. The van der Waals surface area contributed by atoms with Crippen molar-refractivity contribution in [2.24, 2.45) is 0 Å². The van der Waals surface area contributed by atoms with E-state index in [-0.39, 0.29) is 0 Å². The molecule has 0 heterocycles. The minimum atomic E-state index is 2.94. The topological polar surface area (TPSA) is 26.3 Å². The Morgan fingerprint density at radius 3 is 1.40 bits per heavy atom. The summed E-state index contributed by atoms with van der Waals surface area (Å²) >= 11 is 11.5. The number of hydrogen-bond donors (Lipinski definition) is 0. The first-order chi connectivity index (χ1) is 2.41. The Labute approximate surface area is 47.8 Å². The fourth-order valence-corrected chi connectivity index (χ4v) is 0. The van der Waals surface area contributed by atoms with Gasteiger partial charge >= 0.3 is 19.8 Å². The van der Waals surface area contributed by atoms with E-state index >= 15 is 0 Å². The van der Waals surface area contributed by atoms with Gasteiger partial charge in [-0.3, -0.25) is 0 Å². The molecule has 0 aliphatic rings. The molecule has 0 spiro atoms. The van der Waals surface area contributed by atoms with Crippen LogP contribution in [0.5, 0.6) is 0 Å². The molecule has 0 amide bonds. The average Bonchev–Trinajstić information content (AvgIpc) is 1.46. The molecule has 2 nitrogen and oxygen atoms in total. The fourth-order valence-electron chi connectivity index (χ4n) is 0. The molecule has 0 saturated carbocycles. The Hall–Kier alpha value is 0.859. The molecule has 0 saturated heterocycles. The zero-order valence-corrected chi connectivity index (χ0v) is 4.33. The molecule has 37 valence electrons. The van der Waals surface area contributed by atoms with Gasteiger partial charge in [0.2, 0.25) is 0 Å². The van der Waals surface area contributed by atoms with Crippen molar-refractivity contribution < 1.29 is 23.6 Å². The molecule has 0 N–H and O–H groups in total. The molecular weight excluding hydrogens is 166 g/mol. The summed E-state index contributed by atoms with van der Waals surface area (Å²) in [6.07, 6.45) is 0. The third-order valence-corrected chi connectivity index (χ3v) is 0. The van der Waals surface area contributed by atoms with Gasteiger partial charge < -0.3 is 0 Å². The summed E-state index contributed by atoms with van der Waals surface area (Å²) in [6, 6.07) is 0. The first-order valence-electron chi connectivity index (χ1n) is 0.432. The van der Waals surface area contributed by atoms with Crippen molar-refractivity contribution in [1.82, 2.24) is 0 Å². The average molecular weight is 166 g/mol. The molecule has 0 bridgehead atoms. The number of halogens is 2. The Morgan fingerprint density at radius 2 is 1.40 bits per heavy atom. The van der Waals surface area contributed by atoms with Crippen LogP contribution in [0.2, 0.25) is 0 Å². The molecule has 0 atom stereocenters. The summed E-state index contributed by atoms with van der Waals surface area (Å²) in [5.74, 6) is 0. The van der Waals surface area contributed by atoms with Crippen LogP contribution in [-0.4, -0.2) is 0 Å². The van der Waals surface area contributed by atoms with Gasteiger partial charge in [-0.05, 0) is 0 Å². The Morgan fingerprint density at radius 1 is 1.40 bits per heavy atom. The molecule has 0 aromatic carbocycles. The van der Waals surface area contributed by atoms with E-state index in [4.69, 9.17) is 3.83 Å². The van der Waals surface area contributed by atoms with E-state index in [0.717, 1.165) is 0 Å². The second-order valence-electron chi connectivity index (χ2n) is 0.0583. The summed E-state index contributed by atoms with van der Waals surface area (Å²) in [4.78, 5) is 0. The van der Waals surface area contributed by atoms with Gasteiger partial charge in [0.25, 0.3) is 0 Å². The van der Waals surface area contributed by atoms with Crippen molar-refractivity contribution in [2.45, 2.75) is 0 Å². The molecule has 0 rings (SSSR count). The van der Waals surface area contributed by atoms with Crippen molar-refractivity contribution in [1.29, 1.82) is 0 Å². The van der Waals surface area contributed by atoms with Gasteiger partial charge in [0.1, 0.15) is 0 Å². The standard InChI is InChI=1S/Cl2O.Cu.O/c1-3-2;;. The van der Waals surface area contributed by atoms with Crippen LogP contribution in [0.25, 0.3) is 0 Å². The third-order valence-electron chi connectivity index (χ3n) is 0. The van der Waals surface area contributed by atoms with E-state index in [1.807, 2.05) is 0 Å². The normalized spacial score (nSPS) is 4.80. The SMILES string of the molecule is ClOCl.[O]=[Cu]. The molecule has 0 aliphatic carbocycles. The van der Waals surface area contributed by atoms with Gasteiger partial charge in [-0.1, -0.05) is 0 Å². The van der Waals surface area contributed by atoms with Crippen LogP contribution in [0, 0.1) is 0 Å². The summed E-state index contributed by atoms with van der Waals surface area (Å²) in [5, 5.41) is 0. The van der Waals surface area contributed by atoms with Crippen LogP contribution in [0.1, 0.15) is 0 Å². The number of rotatable bonds is 0. The maximum atomic E-state index is 7.81. The van der Waals surface area contributed by atoms with Crippen molar-refractivity contribution in [3.8, 4) is 0 Å². The summed E-state index contributed by atoms with van der Waals surface area (Å²) in [6.45, 7) is 0. The third kappa shape index (κ3) is 53.8. The van der Waals surface area contributed by atoms with E-state index in [0.29, 0.717) is 0 Å². The zero-order valence-electron chi connectivity index (χ0n) is 1.87.